The number of nitrogens with zero attached hydrogens (tertiary/aromatic N) is 4. The van der Waals surface area contributed by atoms with Gasteiger partial charge < -0.3 is 25.6 Å². The number of pyridine rings is 1. The molecule has 188 valence electrons. The number of aromatic carboxylic acids is 1. The van der Waals surface area contributed by atoms with Gasteiger partial charge in [0.05, 0.1) is 15.9 Å². The number of thiazole rings is 1. The molecule has 0 radical (unpaired) electrons. The molecular weight excluding hydrogens is 490 g/mol. The van der Waals surface area contributed by atoms with Crippen LogP contribution >= 0.6 is 22.9 Å². The molecule has 0 unspecified atom stereocenters. The van der Waals surface area contributed by atoms with E-state index >= 15 is 0 Å². The summed E-state index contributed by atoms with van der Waals surface area (Å²) in [4.78, 5) is 42.6. The first kappa shape index (κ1) is 25.3. The summed E-state index contributed by atoms with van der Waals surface area (Å²) in [6.45, 7) is 7.52. The number of aromatic nitrogens is 4. The molecule has 3 aromatic heterocycles. The van der Waals surface area contributed by atoms with Gasteiger partial charge in [-0.1, -0.05) is 43.7 Å². The van der Waals surface area contributed by atoms with E-state index in [0.29, 0.717) is 47.3 Å². The zero-order valence-corrected chi connectivity index (χ0v) is 21.5. The summed E-state index contributed by atoms with van der Waals surface area (Å²) in [6.07, 6.45) is 4.77. The van der Waals surface area contributed by atoms with Crippen LogP contribution in [0.2, 0.25) is 5.15 Å². The lowest BCUT2D eigenvalue weighted by molar-refractivity contribution is 0.0692. The van der Waals surface area contributed by atoms with Crippen molar-refractivity contribution in [2.45, 2.75) is 64.6 Å². The minimum atomic E-state index is -1.07. The Kier molecular flexibility index (Phi) is 7.88. The Morgan fingerprint density at radius 1 is 1.29 bits per heavy atom. The van der Waals surface area contributed by atoms with Gasteiger partial charge in [-0.3, -0.25) is 4.79 Å². The largest absolute Gasteiger partial charge is 0.476 e. The third-order valence-electron chi connectivity index (χ3n) is 6.43. The van der Waals surface area contributed by atoms with Gasteiger partial charge in [0.25, 0.3) is 5.91 Å². The van der Waals surface area contributed by atoms with Crippen LogP contribution < -0.4 is 15.5 Å². The van der Waals surface area contributed by atoms with Crippen LogP contribution in [0.5, 0.6) is 0 Å². The van der Waals surface area contributed by atoms with Gasteiger partial charge in [-0.25, -0.2) is 19.7 Å². The van der Waals surface area contributed by atoms with Crippen LogP contribution in [-0.2, 0) is 6.42 Å². The SMILES string of the molecule is CCc1[nH]c(C(=O)N[C@@H]2CCN(c3nc4ccnc(C(=O)O)c4s3)C[C@@H]2NC(CC)CC)nc1Cl. The number of carboxylic acids is 1. The molecule has 1 amide bonds. The Labute approximate surface area is 212 Å². The van der Waals surface area contributed by atoms with Crippen LogP contribution in [0.15, 0.2) is 12.3 Å². The topological polar surface area (TPSA) is 136 Å². The Bertz CT molecular complexity index is 1210. The number of amides is 1. The summed E-state index contributed by atoms with van der Waals surface area (Å²) < 4.78 is 0.566. The molecule has 0 saturated carbocycles. The number of hydrogen-bond donors (Lipinski definition) is 4. The minimum absolute atomic E-state index is 0.0173. The van der Waals surface area contributed by atoms with Crippen molar-refractivity contribution in [3.63, 3.8) is 0 Å². The Morgan fingerprint density at radius 2 is 2.06 bits per heavy atom. The lowest BCUT2D eigenvalue weighted by atomic mass is 9.97. The van der Waals surface area contributed by atoms with E-state index in [1.54, 1.807) is 6.07 Å². The highest BCUT2D eigenvalue weighted by Gasteiger charge is 2.33. The first-order chi connectivity index (χ1) is 16.8. The summed E-state index contributed by atoms with van der Waals surface area (Å²) >= 11 is 7.47. The molecule has 2 atom stereocenters. The fourth-order valence-corrected chi connectivity index (χ4v) is 5.73. The number of carbonyl (C=O) groups excluding carboxylic acids is 1. The van der Waals surface area contributed by atoms with Crippen LogP contribution in [0.1, 0.15) is 66.8 Å². The van der Waals surface area contributed by atoms with E-state index in [4.69, 9.17) is 11.6 Å². The molecule has 4 heterocycles. The molecule has 1 saturated heterocycles. The summed E-state index contributed by atoms with van der Waals surface area (Å²) in [7, 11) is 0. The molecule has 0 aliphatic carbocycles. The van der Waals surface area contributed by atoms with Crippen LogP contribution in [0.25, 0.3) is 10.2 Å². The van der Waals surface area contributed by atoms with Crippen LogP contribution in [-0.4, -0.2) is 68.1 Å². The maximum absolute atomic E-state index is 13.0. The number of carbonyl (C=O) groups is 2. The highest BCUT2D eigenvalue weighted by molar-refractivity contribution is 7.22. The first-order valence-electron chi connectivity index (χ1n) is 11.9. The maximum Gasteiger partial charge on any atom is 0.356 e. The number of piperidine rings is 1. The van der Waals surface area contributed by atoms with Crippen LogP contribution in [0.4, 0.5) is 5.13 Å². The second kappa shape index (κ2) is 10.9. The molecule has 1 aliphatic heterocycles. The van der Waals surface area contributed by atoms with Crippen molar-refractivity contribution in [3.8, 4) is 0 Å². The average molecular weight is 520 g/mol. The van der Waals surface area contributed by atoms with Gasteiger partial charge in [-0.2, -0.15) is 0 Å². The molecule has 0 bridgehead atoms. The summed E-state index contributed by atoms with van der Waals surface area (Å²) in [5, 5.41) is 17.4. The van der Waals surface area contributed by atoms with E-state index in [-0.39, 0.29) is 29.5 Å². The van der Waals surface area contributed by atoms with Crippen LogP contribution in [0.3, 0.4) is 0 Å². The molecule has 3 aromatic rings. The minimum Gasteiger partial charge on any atom is -0.476 e. The van der Waals surface area contributed by atoms with Gasteiger partial charge in [-0.05, 0) is 31.7 Å². The fourth-order valence-electron chi connectivity index (χ4n) is 4.39. The van der Waals surface area contributed by atoms with Gasteiger partial charge in [0.1, 0.15) is 0 Å². The third-order valence-corrected chi connectivity index (χ3v) is 7.88. The van der Waals surface area contributed by atoms with Gasteiger partial charge in [0.15, 0.2) is 21.8 Å². The normalized spacial score (nSPS) is 18.4. The quantitative estimate of drug-likeness (QED) is 0.337. The predicted molar refractivity (Wildman–Crippen MR) is 137 cm³/mol. The van der Waals surface area contributed by atoms with E-state index in [0.717, 1.165) is 23.7 Å². The van der Waals surface area contributed by atoms with Crippen molar-refractivity contribution in [2.75, 3.05) is 18.0 Å². The molecule has 0 spiro atoms. The molecule has 35 heavy (non-hydrogen) atoms. The molecule has 1 aliphatic rings. The van der Waals surface area contributed by atoms with E-state index in [9.17, 15) is 14.7 Å². The van der Waals surface area contributed by atoms with E-state index in [1.807, 2.05) is 6.92 Å². The summed E-state index contributed by atoms with van der Waals surface area (Å²) in [6, 6.07) is 1.90. The smallest absolute Gasteiger partial charge is 0.356 e. The number of rotatable bonds is 9. The number of anilines is 1. The molecule has 4 rings (SSSR count). The highest BCUT2D eigenvalue weighted by Crippen LogP contribution is 2.32. The number of halogens is 1. The van der Waals surface area contributed by atoms with E-state index in [2.05, 4.69) is 49.3 Å². The number of imidazole rings is 1. The molecule has 10 nitrogen and oxygen atoms in total. The van der Waals surface area contributed by atoms with Gasteiger partial charge in [-0.15, -0.1) is 0 Å². The fraction of sp³-hybridized carbons (Fsp3) is 0.522. The first-order valence-corrected chi connectivity index (χ1v) is 13.1. The summed E-state index contributed by atoms with van der Waals surface area (Å²) in [5.74, 6) is -1.13. The van der Waals surface area contributed by atoms with Gasteiger partial charge in [0, 0.05) is 37.4 Å². The average Bonchev–Trinajstić information content (AvgIpc) is 3.46. The third kappa shape index (κ3) is 5.41. The van der Waals surface area contributed by atoms with Crippen molar-refractivity contribution in [1.29, 1.82) is 0 Å². The maximum atomic E-state index is 13.0. The number of aromatic amines is 1. The Balaban J connectivity index is 1.55. The second-order valence-corrected chi connectivity index (χ2v) is 9.95. The number of H-pyrrole nitrogens is 1. The molecular formula is C23H30ClN7O3S. The van der Waals surface area contributed by atoms with Crippen molar-refractivity contribution in [2.24, 2.45) is 0 Å². The zero-order chi connectivity index (χ0) is 25.1. The van der Waals surface area contributed by atoms with E-state index in [1.165, 1.54) is 17.5 Å². The van der Waals surface area contributed by atoms with Gasteiger partial charge in [0.2, 0.25) is 0 Å². The van der Waals surface area contributed by atoms with Crippen molar-refractivity contribution < 1.29 is 14.7 Å². The second-order valence-electron chi connectivity index (χ2n) is 8.62. The van der Waals surface area contributed by atoms with Crippen LogP contribution in [0, 0.1) is 0 Å². The number of aryl methyl sites for hydroxylation is 1. The standard InChI is InChI=1S/C23H30ClN7O3S/c1-4-12(5-2)26-16-11-31(23-29-15-7-9-25-17(22(33)34)18(15)35-23)10-8-14(16)28-21(32)20-27-13(6-3)19(24)30-20/h7,9,12,14,16,26H,4-6,8,10-11H2,1-3H3,(H,27,30)(H,28,32)(H,33,34)/t14-,16+/m1/s1. The van der Waals surface area contributed by atoms with Crippen molar-refractivity contribution in [1.82, 2.24) is 30.6 Å². The lowest BCUT2D eigenvalue weighted by Crippen LogP contribution is -2.61. The molecule has 4 N–H and O–H groups in total. The lowest BCUT2D eigenvalue weighted by Gasteiger charge is -2.40. The predicted octanol–water partition coefficient (Wildman–Crippen LogP) is 3.48. The highest BCUT2D eigenvalue weighted by atomic mass is 35.5. The molecule has 1 fully saturated rings. The Hall–Kier alpha value is -2.76. The molecule has 12 heteroatoms. The van der Waals surface area contributed by atoms with Crippen molar-refractivity contribution in [3.05, 3.63) is 34.6 Å². The number of hydrogen-bond acceptors (Lipinski definition) is 8. The van der Waals surface area contributed by atoms with Gasteiger partial charge >= 0.3 is 5.97 Å². The molecule has 0 aromatic carbocycles. The summed E-state index contributed by atoms with van der Waals surface area (Å²) in [5.41, 5.74) is 1.38. The number of carboxylic acid groups (broad SMARTS) is 1. The van der Waals surface area contributed by atoms with Crippen molar-refractivity contribution >= 4 is 50.2 Å². The number of fused-ring (bicyclic) bond motifs is 1. The Morgan fingerprint density at radius 3 is 2.71 bits per heavy atom. The zero-order valence-electron chi connectivity index (χ0n) is 20.0. The van der Waals surface area contributed by atoms with E-state index < -0.39 is 5.97 Å². The number of nitrogens with one attached hydrogen (secondary N) is 3. The monoisotopic (exact) mass is 519 g/mol.